The molecular formula is C27H35N3O3. The first kappa shape index (κ1) is 23.4. The normalized spacial score (nSPS) is 21.6. The van der Waals surface area contributed by atoms with E-state index < -0.39 is 0 Å². The van der Waals surface area contributed by atoms with Crippen molar-refractivity contribution in [2.45, 2.75) is 71.1 Å². The van der Waals surface area contributed by atoms with E-state index in [1.807, 2.05) is 29.2 Å². The Balaban J connectivity index is 1.62. The van der Waals surface area contributed by atoms with Crippen molar-refractivity contribution in [3.8, 4) is 0 Å². The predicted molar refractivity (Wildman–Crippen MR) is 127 cm³/mol. The van der Waals surface area contributed by atoms with Gasteiger partial charge >= 0.3 is 0 Å². The van der Waals surface area contributed by atoms with Crippen molar-refractivity contribution in [1.82, 2.24) is 15.2 Å². The number of rotatable bonds is 5. The maximum Gasteiger partial charge on any atom is 0.223 e. The molecule has 0 saturated carbocycles. The summed E-state index contributed by atoms with van der Waals surface area (Å²) in [5, 5.41) is 3.16. The number of carbonyl (C=O) groups excluding carboxylic acids is 2. The van der Waals surface area contributed by atoms with Gasteiger partial charge < -0.3 is 15.0 Å². The van der Waals surface area contributed by atoms with Crippen molar-refractivity contribution >= 4 is 11.8 Å². The van der Waals surface area contributed by atoms with Gasteiger partial charge in [0.2, 0.25) is 11.8 Å². The van der Waals surface area contributed by atoms with E-state index in [-0.39, 0.29) is 34.8 Å². The number of nitrogens with one attached hydrogen (secondary N) is 1. The molecule has 1 aliphatic carbocycles. The molecule has 2 heterocycles. The quantitative estimate of drug-likeness (QED) is 0.744. The molecule has 1 aromatic heterocycles. The SMILES string of the molecule is CC(=O)N[C@@H]1c2ccccc2C2(CCN(C(=O)CC(C)(C)C)CC2)[C@H]1OCc1ccccn1. The van der Waals surface area contributed by atoms with Gasteiger partial charge in [-0.2, -0.15) is 0 Å². The fraction of sp³-hybridized carbons (Fsp3) is 0.519. The molecule has 4 rings (SSSR count). The first-order chi connectivity index (χ1) is 15.7. The molecule has 6 nitrogen and oxygen atoms in total. The number of aromatic nitrogens is 1. The molecule has 2 aliphatic rings. The van der Waals surface area contributed by atoms with E-state index in [1.165, 1.54) is 5.56 Å². The van der Waals surface area contributed by atoms with Crippen LogP contribution < -0.4 is 5.32 Å². The van der Waals surface area contributed by atoms with Gasteiger partial charge in [0.15, 0.2) is 0 Å². The Labute approximate surface area is 196 Å². The zero-order valence-corrected chi connectivity index (χ0v) is 20.1. The number of amides is 2. The number of ether oxygens (including phenoxy) is 1. The average molecular weight is 450 g/mol. The molecule has 6 heteroatoms. The van der Waals surface area contributed by atoms with Gasteiger partial charge in [-0.1, -0.05) is 51.1 Å². The first-order valence-corrected chi connectivity index (χ1v) is 11.9. The number of pyridine rings is 1. The van der Waals surface area contributed by atoms with Crippen LogP contribution in [0.2, 0.25) is 0 Å². The van der Waals surface area contributed by atoms with E-state index in [4.69, 9.17) is 4.74 Å². The molecule has 0 unspecified atom stereocenters. The Hall–Kier alpha value is -2.73. The largest absolute Gasteiger partial charge is 0.368 e. The molecule has 33 heavy (non-hydrogen) atoms. The zero-order valence-electron chi connectivity index (χ0n) is 20.1. The van der Waals surface area contributed by atoms with Crippen LogP contribution in [0, 0.1) is 5.41 Å². The number of carbonyl (C=O) groups is 2. The van der Waals surface area contributed by atoms with Crippen LogP contribution in [0.5, 0.6) is 0 Å². The van der Waals surface area contributed by atoms with E-state index in [9.17, 15) is 9.59 Å². The van der Waals surface area contributed by atoms with Crippen LogP contribution in [0.1, 0.15) is 69.8 Å². The third-order valence-electron chi connectivity index (χ3n) is 6.87. The molecule has 1 aliphatic heterocycles. The third-order valence-corrected chi connectivity index (χ3v) is 6.87. The molecule has 176 valence electrons. The number of hydrogen-bond donors (Lipinski definition) is 1. The average Bonchev–Trinajstić information content (AvgIpc) is 3.01. The lowest BCUT2D eigenvalue weighted by Crippen LogP contribution is -2.52. The van der Waals surface area contributed by atoms with Crippen molar-refractivity contribution in [2.24, 2.45) is 5.41 Å². The number of piperidine rings is 1. The van der Waals surface area contributed by atoms with Crippen LogP contribution in [-0.2, 0) is 26.3 Å². The van der Waals surface area contributed by atoms with Crippen LogP contribution >= 0.6 is 0 Å². The maximum atomic E-state index is 12.9. The lowest BCUT2D eigenvalue weighted by atomic mass is 9.71. The fourth-order valence-electron chi connectivity index (χ4n) is 5.42. The molecule has 0 radical (unpaired) electrons. The molecule has 2 atom stereocenters. The predicted octanol–water partition coefficient (Wildman–Crippen LogP) is 4.15. The van der Waals surface area contributed by atoms with E-state index in [0.29, 0.717) is 26.1 Å². The van der Waals surface area contributed by atoms with Gasteiger partial charge in [-0.15, -0.1) is 0 Å². The summed E-state index contributed by atoms with van der Waals surface area (Å²) in [4.78, 5) is 31.4. The molecule has 1 fully saturated rings. The van der Waals surface area contributed by atoms with Crippen LogP contribution in [0.4, 0.5) is 0 Å². The number of nitrogens with zero attached hydrogens (tertiary/aromatic N) is 2. The number of likely N-dealkylation sites (tertiary alicyclic amines) is 1. The highest BCUT2D eigenvalue weighted by molar-refractivity contribution is 5.77. The summed E-state index contributed by atoms with van der Waals surface area (Å²) in [5.41, 5.74) is 2.93. The van der Waals surface area contributed by atoms with E-state index in [0.717, 1.165) is 24.1 Å². The highest BCUT2D eigenvalue weighted by atomic mass is 16.5. The highest BCUT2D eigenvalue weighted by Gasteiger charge is 2.54. The lowest BCUT2D eigenvalue weighted by molar-refractivity contribution is -0.136. The molecule has 0 bridgehead atoms. The zero-order chi connectivity index (χ0) is 23.6. The van der Waals surface area contributed by atoms with Crippen LogP contribution in [0.25, 0.3) is 0 Å². The maximum absolute atomic E-state index is 12.9. The minimum atomic E-state index is -0.253. The van der Waals surface area contributed by atoms with Crippen molar-refractivity contribution in [2.75, 3.05) is 13.1 Å². The van der Waals surface area contributed by atoms with Crippen molar-refractivity contribution in [3.63, 3.8) is 0 Å². The molecule has 1 spiro atoms. The van der Waals surface area contributed by atoms with Crippen molar-refractivity contribution in [3.05, 3.63) is 65.5 Å². The van der Waals surface area contributed by atoms with Crippen LogP contribution in [0.15, 0.2) is 48.7 Å². The van der Waals surface area contributed by atoms with Crippen molar-refractivity contribution in [1.29, 1.82) is 0 Å². The molecule has 2 amide bonds. The molecule has 1 N–H and O–H groups in total. The molecule has 1 aromatic carbocycles. The van der Waals surface area contributed by atoms with Gasteiger partial charge in [0.05, 0.1) is 24.4 Å². The smallest absolute Gasteiger partial charge is 0.223 e. The van der Waals surface area contributed by atoms with Gasteiger partial charge in [0.25, 0.3) is 0 Å². The second-order valence-electron chi connectivity index (χ2n) is 10.6. The minimum absolute atomic E-state index is 0.0307. The van der Waals surface area contributed by atoms with Crippen LogP contribution in [0.3, 0.4) is 0 Å². The highest BCUT2D eigenvalue weighted by Crippen LogP contribution is 2.52. The minimum Gasteiger partial charge on any atom is -0.368 e. The van der Waals surface area contributed by atoms with Gasteiger partial charge in [0, 0.05) is 38.0 Å². The topological polar surface area (TPSA) is 71.5 Å². The summed E-state index contributed by atoms with van der Waals surface area (Å²) in [6, 6.07) is 13.9. The van der Waals surface area contributed by atoms with Crippen molar-refractivity contribution < 1.29 is 14.3 Å². The fourth-order valence-corrected chi connectivity index (χ4v) is 5.42. The van der Waals surface area contributed by atoms with E-state index in [2.05, 4.69) is 49.3 Å². The van der Waals surface area contributed by atoms with E-state index in [1.54, 1.807) is 13.1 Å². The summed E-state index contributed by atoms with van der Waals surface area (Å²) in [5.74, 6) is 0.143. The van der Waals surface area contributed by atoms with Gasteiger partial charge in [-0.25, -0.2) is 0 Å². The Bertz CT molecular complexity index is 991. The first-order valence-electron chi connectivity index (χ1n) is 11.9. The second-order valence-corrected chi connectivity index (χ2v) is 10.6. The molecule has 1 saturated heterocycles. The molecule has 2 aromatic rings. The van der Waals surface area contributed by atoms with Gasteiger partial charge in [0.1, 0.15) is 0 Å². The van der Waals surface area contributed by atoms with Crippen LogP contribution in [-0.4, -0.2) is 40.9 Å². The van der Waals surface area contributed by atoms with E-state index >= 15 is 0 Å². The summed E-state index contributed by atoms with van der Waals surface area (Å²) >= 11 is 0. The number of fused-ring (bicyclic) bond motifs is 2. The third kappa shape index (κ3) is 4.96. The number of benzene rings is 1. The Kier molecular flexibility index (Phi) is 6.57. The monoisotopic (exact) mass is 449 g/mol. The Morgan fingerprint density at radius 2 is 1.82 bits per heavy atom. The standard InChI is InChI=1S/C27H35N3O3/c1-19(31)29-24-21-10-5-6-11-22(21)27(25(24)33-18-20-9-7-8-14-28-20)12-15-30(16-13-27)23(32)17-26(2,3)4/h5-11,14,24-25H,12-13,15-18H2,1-4H3,(H,29,31)/t24-,25+/m1/s1. The summed E-state index contributed by atoms with van der Waals surface area (Å²) < 4.78 is 6.57. The van der Waals surface area contributed by atoms with Gasteiger partial charge in [-0.3, -0.25) is 14.6 Å². The molecular weight excluding hydrogens is 414 g/mol. The second kappa shape index (κ2) is 9.26. The number of hydrogen-bond acceptors (Lipinski definition) is 4. The Morgan fingerprint density at radius 1 is 1.12 bits per heavy atom. The lowest BCUT2D eigenvalue weighted by Gasteiger charge is -2.44. The van der Waals surface area contributed by atoms with Gasteiger partial charge in [-0.05, 0) is 41.5 Å². The summed E-state index contributed by atoms with van der Waals surface area (Å²) in [6.45, 7) is 9.62. The Morgan fingerprint density at radius 3 is 2.45 bits per heavy atom. The summed E-state index contributed by atoms with van der Waals surface area (Å²) in [7, 11) is 0. The summed E-state index contributed by atoms with van der Waals surface area (Å²) in [6.07, 6.45) is 3.71.